The molecule has 0 saturated heterocycles. The van der Waals surface area contributed by atoms with Crippen molar-refractivity contribution in [3.8, 4) is 11.5 Å². The molecule has 0 fully saturated rings. The molecule has 0 aliphatic rings. The minimum Gasteiger partial charge on any atom is -0.453 e. The molecule has 20 heavy (non-hydrogen) atoms. The lowest BCUT2D eigenvalue weighted by Gasteiger charge is -2.12. The Morgan fingerprint density at radius 1 is 1.25 bits per heavy atom. The molecule has 2 aromatic rings. The molecule has 106 valence electrons. The van der Waals surface area contributed by atoms with Crippen molar-refractivity contribution >= 4 is 28.9 Å². The first-order chi connectivity index (χ1) is 9.51. The Morgan fingerprint density at radius 2 is 1.90 bits per heavy atom. The summed E-state index contributed by atoms with van der Waals surface area (Å²) in [5, 5.41) is 0.645. The Hall–Kier alpha value is -1.65. The van der Waals surface area contributed by atoms with Gasteiger partial charge in [0.2, 0.25) is 0 Å². The first kappa shape index (κ1) is 14.8. The van der Waals surface area contributed by atoms with Crippen molar-refractivity contribution in [3.05, 3.63) is 50.9 Å². The number of pyridine rings is 1. The molecule has 0 unspecified atom stereocenters. The fourth-order valence-electron chi connectivity index (χ4n) is 1.78. The van der Waals surface area contributed by atoms with E-state index in [1.807, 2.05) is 6.92 Å². The second-order valence-corrected chi connectivity index (χ2v) is 5.13. The maximum absolute atomic E-state index is 11.6. The second kappa shape index (κ2) is 6.20. The van der Waals surface area contributed by atoms with E-state index in [-0.39, 0.29) is 5.56 Å². The summed E-state index contributed by atoms with van der Waals surface area (Å²) in [7, 11) is 0. The summed E-state index contributed by atoms with van der Waals surface area (Å²) >= 11 is 12.1. The zero-order valence-electron chi connectivity index (χ0n) is 10.9. The molecule has 2 N–H and O–H groups in total. The van der Waals surface area contributed by atoms with Gasteiger partial charge < -0.3 is 15.0 Å². The number of ether oxygens (including phenoxy) is 1. The third-order valence-corrected chi connectivity index (χ3v) is 3.22. The van der Waals surface area contributed by atoms with Crippen molar-refractivity contribution in [2.24, 2.45) is 0 Å². The fraction of sp³-hybridized carbons (Fsp3) is 0.214. The average Bonchev–Trinajstić information content (AvgIpc) is 2.37. The number of hydrogen-bond donors (Lipinski definition) is 1. The van der Waals surface area contributed by atoms with Gasteiger partial charge in [0.25, 0.3) is 5.56 Å². The van der Waals surface area contributed by atoms with Crippen LogP contribution in [0.15, 0.2) is 35.3 Å². The number of rotatable bonds is 4. The van der Waals surface area contributed by atoms with Crippen LogP contribution >= 0.6 is 23.2 Å². The molecular weight excluding hydrogens is 299 g/mol. The van der Waals surface area contributed by atoms with Crippen LogP contribution in [0.3, 0.4) is 0 Å². The van der Waals surface area contributed by atoms with E-state index in [9.17, 15) is 4.79 Å². The molecule has 0 aliphatic carbocycles. The number of aromatic nitrogens is 1. The standard InChI is InChI=1S/C14H14Cl2N2O2/c1-2-5-18-8-10(3-4-13(18)19)20-14-11(15)6-9(17)7-12(14)16/h3-4,6-8H,2,5,17H2,1H3. The summed E-state index contributed by atoms with van der Waals surface area (Å²) in [4.78, 5) is 11.6. The normalized spacial score (nSPS) is 10.6. The number of nitrogen functional groups attached to an aromatic ring is 1. The van der Waals surface area contributed by atoms with E-state index in [4.69, 9.17) is 33.7 Å². The van der Waals surface area contributed by atoms with Crippen LogP contribution in [0.1, 0.15) is 13.3 Å². The van der Waals surface area contributed by atoms with Crippen LogP contribution in [0.5, 0.6) is 11.5 Å². The third kappa shape index (κ3) is 3.26. The van der Waals surface area contributed by atoms with E-state index >= 15 is 0 Å². The molecule has 1 aromatic carbocycles. The van der Waals surface area contributed by atoms with Gasteiger partial charge in [0, 0.05) is 24.5 Å². The molecule has 0 bridgehead atoms. The van der Waals surface area contributed by atoms with Gasteiger partial charge in [-0.2, -0.15) is 0 Å². The van der Waals surface area contributed by atoms with Gasteiger partial charge in [-0.05, 0) is 24.6 Å². The second-order valence-electron chi connectivity index (χ2n) is 4.31. The van der Waals surface area contributed by atoms with E-state index in [0.717, 1.165) is 6.42 Å². The molecule has 6 heteroatoms. The lowest BCUT2D eigenvalue weighted by molar-refractivity contribution is 0.472. The number of benzene rings is 1. The number of nitrogens with two attached hydrogens (primary N) is 1. The molecule has 0 radical (unpaired) electrons. The van der Waals surface area contributed by atoms with Crippen molar-refractivity contribution in [1.29, 1.82) is 0 Å². The highest BCUT2D eigenvalue weighted by Gasteiger charge is 2.10. The molecule has 4 nitrogen and oxygen atoms in total. The zero-order chi connectivity index (χ0) is 14.7. The van der Waals surface area contributed by atoms with Crippen LogP contribution in [0.25, 0.3) is 0 Å². The van der Waals surface area contributed by atoms with Gasteiger partial charge in [0.15, 0.2) is 5.75 Å². The summed E-state index contributed by atoms with van der Waals surface area (Å²) < 4.78 is 7.24. The third-order valence-electron chi connectivity index (χ3n) is 2.66. The Bertz CT molecular complexity index is 660. The van der Waals surface area contributed by atoms with Crippen LogP contribution in [-0.4, -0.2) is 4.57 Å². The molecule has 1 heterocycles. The quantitative estimate of drug-likeness (QED) is 0.870. The SMILES string of the molecule is CCCn1cc(Oc2c(Cl)cc(N)cc2Cl)ccc1=O. The minimum atomic E-state index is -0.0753. The maximum Gasteiger partial charge on any atom is 0.250 e. The molecule has 0 aliphatic heterocycles. The van der Waals surface area contributed by atoms with Crippen molar-refractivity contribution in [1.82, 2.24) is 4.57 Å². The Balaban J connectivity index is 2.35. The van der Waals surface area contributed by atoms with E-state index in [1.165, 1.54) is 6.07 Å². The monoisotopic (exact) mass is 312 g/mol. The summed E-state index contributed by atoms with van der Waals surface area (Å²) in [5.74, 6) is 0.816. The number of hydrogen-bond acceptors (Lipinski definition) is 3. The topological polar surface area (TPSA) is 57.2 Å². The van der Waals surface area contributed by atoms with Gasteiger partial charge in [0.05, 0.1) is 10.0 Å². The number of nitrogens with zero attached hydrogens (tertiary/aromatic N) is 1. The van der Waals surface area contributed by atoms with E-state index < -0.39 is 0 Å². The Labute approximate surface area is 126 Å². The molecule has 1 aromatic heterocycles. The van der Waals surface area contributed by atoms with Crippen LogP contribution in [0.2, 0.25) is 10.0 Å². The van der Waals surface area contributed by atoms with Crippen molar-refractivity contribution in [3.63, 3.8) is 0 Å². The predicted molar refractivity (Wildman–Crippen MR) is 81.9 cm³/mol. The maximum atomic E-state index is 11.6. The number of anilines is 1. The van der Waals surface area contributed by atoms with Gasteiger partial charge in [0.1, 0.15) is 5.75 Å². The van der Waals surface area contributed by atoms with E-state index in [0.29, 0.717) is 33.8 Å². The molecule has 0 atom stereocenters. The van der Waals surface area contributed by atoms with E-state index in [2.05, 4.69) is 0 Å². The van der Waals surface area contributed by atoms with E-state index in [1.54, 1.807) is 29.0 Å². The molecule has 0 saturated carbocycles. The predicted octanol–water partition coefficient (Wildman–Crippen LogP) is 3.94. The van der Waals surface area contributed by atoms with Gasteiger partial charge in [-0.3, -0.25) is 4.79 Å². The highest BCUT2D eigenvalue weighted by Crippen LogP contribution is 2.37. The highest BCUT2D eigenvalue weighted by atomic mass is 35.5. The number of aryl methyl sites for hydroxylation is 1. The summed E-state index contributed by atoms with van der Waals surface area (Å²) in [5.41, 5.74) is 6.02. The Kier molecular flexibility index (Phi) is 4.57. The molecule has 0 amide bonds. The molecule has 2 rings (SSSR count). The lowest BCUT2D eigenvalue weighted by atomic mass is 10.3. The van der Waals surface area contributed by atoms with Crippen LogP contribution in [-0.2, 0) is 6.54 Å². The average molecular weight is 313 g/mol. The minimum absolute atomic E-state index is 0.0753. The highest BCUT2D eigenvalue weighted by molar-refractivity contribution is 6.37. The summed E-state index contributed by atoms with van der Waals surface area (Å²) in [6.45, 7) is 2.62. The smallest absolute Gasteiger partial charge is 0.250 e. The van der Waals surface area contributed by atoms with Crippen LogP contribution in [0, 0.1) is 0 Å². The number of halogens is 2. The van der Waals surface area contributed by atoms with Gasteiger partial charge >= 0.3 is 0 Å². The summed E-state index contributed by atoms with van der Waals surface area (Å²) in [6, 6.07) is 6.15. The lowest BCUT2D eigenvalue weighted by Crippen LogP contribution is -2.17. The van der Waals surface area contributed by atoms with Crippen molar-refractivity contribution < 1.29 is 4.74 Å². The zero-order valence-corrected chi connectivity index (χ0v) is 12.4. The van der Waals surface area contributed by atoms with Gasteiger partial charge in [-0.15, -0.1) is 0 Å². The molecule has 0 spiro atoms. The fourth-order valence-corrected chi connectivity index (χ4v) is 2.36. The van der Waals surface area contributed by atoms with Gasteiger partial charge in [-0.25, -0.2) is 0 Å². The van der Waals surface area contributed by atoms with Crippen LogP contribution in [0.4, 0.5) is 5.69 Å². The first-order valence-electron chi connectivity index (χ1n) is 6.14. The van der Waals surface area contributed by atoms with Crippen molar-refractivity contribution in [2.75, 3.05) is 5.73 Å². The van der Waals surface area contributed by atoms with Crippen molar-refractivity contribution in [2.45, 2.75) is 19.9 Å². The largest absolute Gasteiger partial charge is 0.453 e. The van der Waals surface area contributed by atoms with Gasteiger partial charge in [-0.1, -0.05) is 30.1 Å². The summed E-state index contributed by atoms with van der Waals surface area (Å²) in [6.07, 6.45) is 2.49. The molecular formula is C14H14Cl2N2O2. The van der Waals surface area contributed by atoms with Crippen LogP contribution < -0.4 is 16.0 Å². The Morgan fingerprint density at radius 3 is 2.50 bits per heavy atom. The first-order valence-corrected chi connectivity index (χ1v) is 6.89.